The van der Waals surface area contributed by atoms with E-state index in [9.17, 15) is 0 Å². The van der Waals surface area contributed by atoms with Gasteiger partial charge in [-0.15, -0.1) is 5.10 Å². The minimum absolute atomic E-state index is 0.480. The van der Waals surface area contributed by atoms with Crippen molar-refractivity contribution in [3.8, 4) is 0 Å². The van der Waals surface area contributed by atoms with E-state index >= 15 is 0 Å². The number of fused-ring (bicyclic) bond motifs is 1. The molecule has 4 heteroatoms. The number of hydrogen-bond acceptors (Lipinski definition) is 3. The first kappa shape index (κ1) is 7.73. The van der Waals surface area contributed by atoms with Crippen molar-refractivity contribution in [1.82, 2.24) is 20.3 Å². The molecule has 1 aliphatic heterocycles. The smallest absolute Gasteiger partial charge is 0.0897 e. The SMILES string of the molecule is CC(C)c1nnn2c1CNCC2. The first-order valence-electron chi connectivity index (χ1n) is 4.42. The average molecular weight is 166 g/mol. The molecule has 1 aromatic heterocycles. The van der Waals surface area contributed by atoms with E-state index in [4.69, 9.17) is 0 Å². The van der Waals surface area contributed by atoms with Gasteiger partial charge in [0, 0.05) is 13.1 Å². The predicted molar refractivity (Wildman–Crippen MR) is 45.8 cm³/mol. The third-order valence-electron chi connectivity index (χ3n) is 2.21. The fraction of sp³-hybridized carbons (Fsp3) is 0.750. The topological polar surface area (TPSA) is 42.7 Å². The van der Waals surface area contributed by atoms with Crippen LogP contribution in [-0.2, 0) is 13.1 Å². The third-order valence-corrected chi connectivity index (χ3v) is 2.21. The fourth-order valence-electron chi connectivity index (χ4n) is 1.55. The zero-order valence-electron chi connectivity index (χ0n) is 7.54. The first-order valence-corrected chi connectivity index (χ1v) is 4.42. The molecule has 0 atom stereocenters. The summed E-state index contributed by atoms with van der Waals surface area (Å²) in [6, 6.07) is 0. The van der Waals surface area contributed by atoms with Crippen LogP contribution in [0.15, 0.2) is 0 Å². The molecular formula is C8H14N4. The third kappa shape index (κ3) is 1.12. The van der Waals surface area contributed by atoms with Gasteiger partial charge in [0.2, 0.25) is 0 Å². The number of aromatic nitrogens is 3. The van der Waals surface area contributed by atoms with E-state index < -0.39 is 0 Å². The molecule has 0 radical (unpaired) electrons. The Labute approximate surface area is 72.0 Å². The van der Waals surface area contributed by atoms with Gasteiger partial charge in [0.15, 0.2) is 0 Å². The van der Waals surface area contributed by atoms with Gasteiger partial charge in [0.05, 0.1) is 17.9 Å². The quantitative estimate of drug-likeness (QED) is 0.660. The molecule has 1 N–H and O–H groups in total. The Morgan fingerprint density at radius 1 is 1.50 bits per heavy atom. The van der Waals surface area contributed by atoms with E-state index in [1.165, 1.54) is 5.69 Å². The van der Waals surface area contributed by atoms with Gasteiger partial charge >= 0.3 is 0 Å². The van der Waals surface area contributed by atoms with E-state index in [0.29, 0.717) is 5.92 Å². The van der Waals surface area contributed by atoms with Crippen molar-refractivity contribution in [1.29, 1.82) is 0 Å². The Morgan fingerprint density at radius 2 is 2.33 bits per heavy atom. The zero-order chi connectivity index (χ0) is 8.55. The largest absolute Gasteiger partial charge is 0.309 e. The van der Waals surface area contributed by atoms with Gasteiger partial charge < -0.3 is 5.32 Å². The molecule has 0 aliphatic carbocycles. The summed E-state index contributed by atoms with van der Waals surface area (Å²) < 4.78 is 2.01. The van der Waals surface area contributed by atoms with Gasteiger partial charge in [-0.3, -0.25) is 0 Å². The second-order valence-electron chi connectivity index (χ2n) is 3.48. The first-order chi connectivity index (χ1) is 5.79. The number of nitrogens with one attached hydrogen (secondary N) is 1. The van der Waals surface area contributed by atoms with E-state index in [0.717, 1.165) is 25.3 Å². The minimum atomic E-state index is 0.480. The summed E-state index contributed by atoms with van der Waals surface area (Å²) in [5, 5.41) is 11.6. The van der Waals surface area contributed by atoms with E-state index in [1.54, 1.807) is 0 Å². The summed E-state index contributed by atoms with van der Waals surface area (Å²) in [7, 11) is 0. The van der Waals surface area contributed by atoms with E-state index in [-0.39, 0.29) is 0 Å². The van der Waals surface area contributed by atoms with E-state index in [1.807, 2.05) is 4.68 Å². The highest BCUT2D eigenvalue weighted by Gasteiger charge is 2.17. The highest BCUT2D eigenvalue weighted by molar-refractivity contribution is 5.14. The van der Waals surface area contributed by atoms with Crippen LogP contribution < -0.4 is 5.32 Å². The molecule has 0 bridgehead atoms. The monoisotopic (exact) mass is 166 g/mol. The maximum atomic E-state index is 4.17. The molecule has 0 amide bonds. The van der Waals surface area contributed by atoms with Gasteiger partial charge in [-0.05, 0) is 5.92 Å². The molecule has 0 saturated heterocycles. The molecule has 0 unspecified atom stereocenters. The lowest BCUT2D eigenvalue weighted by molar-refractivity contribution is 0.466. The maximum Gasteiger partial charge on any atom is 0.0897 e. The highest BCUT2D eigenvalue weighted by atomic mass is 15.4. The molecule has 4 nitrogen and oxygen atoms in total. The molecule has 1 aromatic rings. The summed E-state index contributed by atoms with van der Waals surface area (Å²) in [6.07, 6.45) is 0. The Bertz CT molecular complexity index is 277. The van der Waals surface area contributed by atoms with Crippen molar-refractivity contribution in [2.24, 2.45) is 0 Å². The molecular weight excluding hydrogens is 152 g/mol. The molecule has 2 heterocycles. The molecule has 0 saturated carbocycles. The Balaban J connectivity index is 2.38. The zero-order valence-corrected chi connectivity index (χ0v) is 7.54. The van der Waals surface area contributed by atoms with Gasteiger partial charge in [-0.1, -0.05) is 19.1 Å². The van der Waals surface area contributed by atoms with Crippen LogP contribution in [0.2, 0.25) is 0 Å². The van der Waals surface area contributed by atoms with Gasteiger partial charge in [-0.25, -0.2) is 4.68 Å². The summed E-state index contributed by atoms with van der Waals surface area (Å²) in [6.45, 7) is 7.18. The molecule has 0 aromatic carbocycles. The van der Waals surface area contributed by atoms with Crippen LogP contribution in [0.4, 0.5) is 0 Å². The van der Waals surface area contributed by atoms with Crippen molar-refractivity contribution in [2.75, 3.05) is 6.54 Å². The Kier molecular flexibility index (Phi) is 1.84. The lowest BCUT2D eigenvalue weighted by atomic mass is 10.1. The number of hydrogen-bond donors (Lipinski definition) is 1. The van der Waals surface area contributed by atoms with Crippen LogP contribution >= 0.6 is 0 Å². The Hall–Kier alpha value is -0.900. The normalized spacial score (nSPS) is 16.6. The van der Waals surface area contributed by atoms with Crippen LogP contribution in [0.25, 0.3) is 0 Å². The molecule has 2 rings (SSSR count). The van der Waals surface area contributed by atoms with Crippen molar-refractivity contribution >= 4 is 0 Å². The maximum absolute atomic E-state index is 4.17. The lowest BCUT2D eigenvalue weighted by Crippen LogP contribution is -2.29. The molecule has 0 spiro atoms. The van der Waals surface area contributed by atoms with Crippen LogP contribution in [0.5, 0.6) is 0 Å². The fourth-order valence-corrected chi connectivity index (χ4v) is 1.55. The highest BCUT2D eigenvalue weighted by Crippen LogP contribution is 2.17. The van der Waals surface area contributed by atoms with Gasteiger partial charge in [-0.2, -0.15) is 0 Å². The minimum Gasteiger partial charge on any atom is -0.309 e. The van der Waals surface area contributed by atoms with Crippen LogP contribution in [0.1, 0.15) is 31.2 Å². The molecule has 66 valence electrons. The van der Waals surface area contributed by atoms with Crippen LogP contribution in [0, 0.1) is 0 Å². The standard InChI is InChI=1S/C8H14N4/c1-6(2)8-7-5-9-3-4-12(7)11-10-8/h6,9H,3-5H2,1-2H3. The predicted octanol–water partition coefficient (Wildman–Crippen LogP) is 0.505. The van der Waals surface area contributed by atoms with E-state index in [2.05, 4.69) is 29.5 Å². The molecule has 12 heavy (non-hydrogen) atoms. The lowest BCUT2D eigenvalue weighted by Gasteiger charge is -2.15. The summed E-state index contributed by atoms with van der Waals surface area (Å²) >= 11 is 0. The molecule has 1 aliphatic rings. The van der Waals surface area contributed by atoms with Crippen LogP contribution in [0.3, 0.4) is 0 Å². The summed E-state index contributed by atoms with van der Waals surface area (Å²) in [5.41, 5.74) is 2.40. The summed E-state index contributed by atoms with van der Waals surface area (Å²) in [4.78, 5) is 0. The van der Waals surface area contributed by atoms with Crippen molar-refractivity contribution in [2.45, 2.75) is 32.9 Å². The van der Waals surface area contributed by atoms with Crippen molar-refractivity contribution in [3.63, 3.8) is 0 Å². The summed E-state index contributed by atoms with van der Waals surface area (Å²) in [5.74, 6) is 0.480. The molecule has 0 fully saturated rings. The second-order valence-corrected chi connectivity index (χ2v) is 3.48. The van der Waals surface area contributed by atoms with Crippen LogP contribution in [-0.4, -0.2) is 21.5 Å². The van der Waals surface area contributed by atoms with Gasteiger partial charge in [0.25, 0.3) is 0 Å². The Morgan fingerprint density at radius 3 is 3.08 bits per heavy atom. The number of rotatable bonds is 1. The van der Waals surface area contributed by atoms with Crippen molar-refractivity contribution in [3.05, 3.63) is 11.4 Å². The van der Waals surface area contributed by atoms with Gasteiger partial charge in [0.1, 0.15) is 0 Å². The van der Waals surface area contributed by atoms with Crippen molar-refractivity contribution < 1.29 is 0 Å². The number of nitrogens with zero attached hydrogens (tertiary/aromatic N) is 3. The average Bonchev–Trinajstić information content (AvgIpc) is 2.47. The second kappa shape index (κ2) is 2.86.